The molecule has 0 aromatic heterocycles. The maximum absolute atomic E-state index is 13.6. The molecule has 1 fully saturated rings. The van der Waals surface area contributed by atoms with Gasteiger partial charge in [0.1, 0.15) is 5.82 Å². The first-order chi connectivity index (χ1) is 8.50. The van der Waals surface area contributed by atoms with Crippen molar-refractivity contribution >= 4 is 11.6 Å². The van der Waals surface area contributed by atoms with Crippen molar-refractivity contribution in [2.45, 2.75) is 25.3 Å². The normalized spacial score (nSPS) is 23.7. The topological polar surface area (TPSA) is 64.4 Å². The highest BCUT2D eigenvalue weighted by Crippen LogP contribution is 2.20. The Morgan fingerprint density at radius 1 is 1.56 bits per heavy atom. The van der Waals surface area contributed by atoms with Crippen LogP contribution in [0.5, 0.6) is 0 Å². The zero-order valence-corrected chi connectivity index (χ0v) is 10.3. The second-order valence-corrected chi connectivity index (χ2v) is 4.91. The van der Waals surface area contributed by atoms with E-state index >= 15 is 0 Å². The second-order valence-electron chi connectivity index (χ2n) is 4.91. The summed E-state index contributed by atoms with van der Waals surface area (Å²) in [5, 5.41) is 2.83. The Labute approximate surface area is 105 Å². The number of halogens is 1. The zero-order valence-electron chi connectivity index (χ0n) is 10.3. The Bertz CT molecular complexity index is 456. The molecule has 5 heteroatoms. The van der Waals surface area contributed by atoms with Gasteiger partial charge in [-0.2, -0.15) is 0 Å². The van der Waals surface area contributed by atoms with Crippen LogP contribution in [-0.4, -0.2) is 24.7 Å². The van der Waals surface area contributed by atoms with Gasteiger partial charge in [0.15, 0.2) is 0 Å². The lowest BCUT2D eigenvalue weighted by atomic mass is 9.94. The van der Waals surface area contributed by atoms with E-state index in [2.05, 4.69) is 5.32 Å². The first kappa shape index (κ1) is 12.8. The van der Waals surface area contributed by atoms with Crippen LogP contribution in [0.3, 0.4) is 0 Å². The maximum Gasteiger partial charge on any atom is 0.254 e. The summed E-state index contributed by atoms with van der Waals surface area (Å²) in [6, 6.07) is 4.05. The third-order valence-electron chi connectivity index (χ3n) is 3.09. The Morgan fingerprint density at radius 3 is 2.94 bits per heavy atom. The highest BCUT2D eigenvalue weighted by molar-refractivity contribution is 5.95. The van der Waals surface area contributed by atoms with Gasteiger partial charge in [-0.1, -0.05) is 0 Å². The molecular formula is C13H17FN2O2. The number of benzene rings is 1. The Balaban J connectivity index is 2.11. The van der Waals surface area contributed by atoms with E-state index in [-0.39, 0.29) is 5.56 Å². The standard InChI is InChI=1S/C13H17FN2O2/c1-13(5-2-6-18-8-13)16-12(17)10-4-3-9(15)7-11(10)14/h3-4,7H,2,5-6,8,15H2,1H3,(H,16,17). The molecule has 1 aliphatic rings. The monoisotopic (exact) mass is 252 g/mol. The first-order valence-electron chi connectivity index (χ1n) is 5.95. The number of nitrogen functional groups attached to an aromatic ring is 1. The summed E-state index contributed by atoms with van der Waals surface area (Å²) >= 11 is 0. The van der Waals surface area contributed by atoms with Crippen LogP contribution in [0.25, 0.3) is 0 Å². The van der Waals surface area contributed by atoms with Crippen LogP contribution < -0.4 is 11.1 Å². The van der Waals surface area contributed by atoms with Gasteiger partial charge in [0.25, 0.3) is 5.91 Å². The van der Waals surface area contributed by atoms with E-state index in [1.165, 1.54) is 12.1 Å². The van der Waals surface area contributed by atoms with Gasteiger partial charge in [-0.25, -0.2) is 4.39 Å². The average Bonchev–Trinajstić information content (AvgIpc) is 2.28. The van der Waals surface area contributed by atoms with E-state index in [4.69, 9.17) is 10.5 Å². The van der Waals surface area contributed by atoms with Gasteiger partial charge in [0, 0.05) is 12.3 Å². The Kier molecular flexibility index (Phi) is 3.52. The number of nitrogens with two attached hydrogens (primary N) is 1. The number of hydrogen-bond acceptors (Lipinski definition) is 3. The third kappa shape index (κ3) is 2.79. The zero-order chi connectivity index (χ0) is 13.2. The largest absolute Gasteiger partial charge is 0.399 e. The highest BCUT2D eigenvalue weighted by atomic mass is 19.1. The molecule has 2 rings (SSSR count). The van der Waals surface area contributed by atoms with Gasteiger partial charge < -0.3 is 15.8 Å². The molecule has 1 unspecified atom stereocenters. The quantitative estimate of drug-likeness (QED) is 0.787. The van der Waals surface area contributed by atoms with Crippen LogP contribution in [-0.2, 0) is 4.74 Å². The Morgan fingerprint density at radius 2 is 2.33 bits per heavy atom. The molecule has 1 aromatic carbocycles. The van der Waals surface area contributed by atoms with Crippen LogP contribution in [0.4, 0.5) is 10.1 Å². The van der Waals surface area contributed by atoms with Gasteiger partial charge in [-0.15, -0.1) is 0 Å². The van der Waals surface area contributed by atoms with Crippen molar-refractivity contribution in [2.24, 2.45) is 0 Å². The molecule has 1 saturated heterocycles. The average molecular weight is 252 g/mol. The summed E-state index contributed by atoms with van der Waals surface area (Å²) in [5.74, 6) is -1.03. The fraction of sp³-hybridized carbons (Fsp3) is 0.462. The van der Waals surface area contributed by atoms with Crippen molar-refractivity contribution < 1.29 is 13.9 Å². The van der Waals surface area contributed by atoms with E-state index in [1.54, 1.807) is 0 Å². The molecule has 1 aromatic rings. The molecule has 1 heterocycles. The lowest BCUT2D eigenvalue weighted by Crippen LogP contribution is -2.51. The van der Waals surface area contributed by atoms with Crippen LogP contribution >= 0.6 is 0 Å². The molecule has 0 radical (unpaired) electrons. The number of hydrogen-bond donors (Lipinski definition) is 2. The summed E-state index contributed by atoms with van der Waals surface area (Å²) < 4.78 is 19.0. The molecule has 1 aliphatic heterocycles. The summed E-state index contributed by atoms with van der Waals surface area (Å²) in [6.07, 6.45) is 1.72. The molecule has 3 N–H and O–H groups in total. The summed E-state index contributed by atoms with van der Waals surface area (Å²) in [7, 11) is 0. The number of nitrogens with one attached hydrogen (secondary N) is 1. The second kappa shape index (κ2) is 4.94. The number of carbonyl (C=O) groups excluding carboxylic acids is 1. The number of rotatable bonds is 2. The minimum absolute atomic E-state index is 0.0102. The van der Waals surface area contributed by atoms with Crippen LogP contribution in [0.15, 0.2) is 18.2 Å². The highest BCUT2D eigenvalue weighted by Gasteiger charge is 2.30. The lowest BCUT2D eigenvalue weighted by molar-refractivity contribution is 0.0271. The first-order valence-corrected chi connectivity index (χ1v) is 5.95. The molecule has 4 nitrogen and oxygen atoms in total. The minimum atomic E-state index is -0.604. The molecule has 0 spiro atoms. The fourth-order valence-electron chi connectivity index (χ4n) is 2.09. The molecular weight excluding hydrogens is 235 g/mol. The summed E-state index contributed by atoms with van der Waals surface area (Å²) in [6.45, 7) is 3.07. The SMILES string of the molecule is CC1(NC(=O)c2ccc(N)cc2F)CCCOC1. The van der Waals surface area contributed by atoms with Crippen LogP contribution in [0, 0.1) is 5.82 Å². The van der Waals surface area contributed by atoms with Crippen molar-refractivity contribution in [2.75, 3.05) is 18.9 Å². The summed E-state index contributed by atoms with van der Waals surface area (Å²) in [4.78, 5) is 12.0. The van der Waals surface area contributed by atoms with E-state index in [9.17, 15) is 9.18 Å². The van der Waals surface area contributed by atoms with Gasteiger partial charge in [0.05, 0.1) is 17.7 Å². The molecule has 1 amide bonds. The number of anilines is 1. The van der Waals surface area contributed by atoms with Crippen LogP contribution in [0.2, 0.25) is 0 Å². The third-order valence-corrected chi connectivity index (χ3v) is 3.09. The molecule has 0 bridgehead atoms. The minimum Gasteiger partial charge on any atom is -0.399 e. The van der Waals surface area contributed by atoms with Gasteiger partial charge in [0.2, 0.25) is 0 Å². The van der Waals surface area contributed by atoms with Crippen molar-refractivity contribution in [1.29, 1.82) is 0 Å². The van der Waals surface area contributed by atoms with E-state index in [0.29, 0.717) is 18.9 Å². The van der Waals surface area contributed by atoms with Crippen molar-refractivity contribution in [1.82, 2.24) is 5.32 Å². The van der Waals surface area contributed by atoms with E-state index in [0.717, 1.165) is 18.9 Å². The molecule has 0 aliphatic carbocycles. The predicted octanol–water partition coefficient (Wildman–Crippen LogP) is 1.71. The van der Waals surface area contributed by atoms with E-state index in [1.807, 2.05) is 6.92 Å². The smallest absolute Gasteiger partial charge is 0.254 e. The molecule has 1 atom stereocenters. The predicted molar refractivity (Wildman–Crippen MR) is 66.7 cm³/mol. The maximum atomic E-state index is 13.6. The van der Waals surface area contributed by atoms with Crippen LogP contribution in [0.1, 0.15) is 30.1 Å². The van der Waals surface area contributed by atoms with Gasteiger partial charge in [-0.3, -0.25) is 4.79 Å². The summed E-state index contributed by atoms with van der Waals surface area (Å²) in [5.41, 5.74) is 5.33. The number of amides is 1. The number of carbonyl (C=O) groups is 1. The van der Waals surface area contributed by atoms with Gasteiger partial charge >= 0.3 is 0 Å². The van der Waals surface area contributed by atoms with Crippen molar-refractivity contribution in [3.8, 4) is 0 Å². The molecule has 0 saturated carbocycles. The molecule has 18 heavy (non-hydrogen) atoms. The molecule has 98 valence electrons. The van der Waals surface area contributed by atoms with E-state index < -0.39 is 17.3 Å². The van der Waals surface area contributed by atoms with Crippen molar-refractivity contribution in [3.05, 3.63) is 29.6 Å². The van der Waals surface area contributed by atoms with Gasteiger partial charge in [-0.05, 0) is 38.0 Å². The fourth-order valence-corrected chi connectivity index (χ4v) is 2.09. The Hall–Kier alpha value is -1.62. The lowest BCUT2D eigenvalue weighted by Gasteiger charge is -2.34. The van der Waals surface area contributed by atoms with Crippen molar-refractivity contribution in [3.63, 3.8) is 0 Å². The number of ether oxygens (including phenoxy) is 1.